The van der Waals surface area contributed by atoms with Crippen molar-refractivity contribution in [3.63, 3.8) is 0 Å². The molecule has 0 aliphatic carbocycles. The number of rotatable bonds is 8. The Morgan fingerprint density at radius 1 is 1.00 bits per heavy atom. The molecular weight excluding hydrogens is 444 g/mol. The first-order valence-corrected chi connectivity index (χ1v) is 12.1. The number of carbonyl (C=O) groups is 2. The van der Waals surface area contributed by atoms with Crippen LogP contribution in [0.25, 0.3) is 0 Å². The van der Waals surface area contributed by atoms with Crippen molar-refractivity contribution in [3.05, 3.63) is 93.8 Å². The highest BCUT2D eigenvalue weighted by Gasteiger charge is 2.27. The van der Waals surface area contributed by atoms with Gasteiger partial charge in [0.05, 0.1) is 12.8 Å². The summed E-state index contributed by atoms with van der Waals surface area (Å²) >= 11 is 0. The summed E-state index contributed by atoms with van der Waals surface area (Å²) in [6, 6.07) is 13.7. The van der Waals surface area contributed by atoms with E-state index in [1.54, 1.807) is 34.0 Å². The zero-order valence-corrected chi connectivity index (χ0v) is 20.3. The van der Waals surface area contributed by atoms with Crippen LogP contribution >= 0.6 is 0 Å². The van der Waals surface area contributed by atoms with Crippen LogP contribution in [0.2, 0.25) is 0 Å². The van der Waals surface area contributed by atoms with Crippen molar-refractivity contribution in [3.8, 4) is 0 Å². The largest absolute Gasteiger partial charge is 0.467 e. The van der Waals surface area contributed by atoms with Crippen molar-refractivity contribution < 1.29 is 14.0 Å². The number of aromatic nitrogens is 1. The third kappa shape index (κ3) is 5.89. The number of piperazine rings is 1. The first-order valence-electron chi connectivity index (χ1n) is 12.1. The van der Waals surface area contributed by atoms with Gasteiger partial charge in [0.2, 0.25) is 5.43 Å². The summed E-state index contributed by atoms with van der Waals surface area (Å²) in [6.45, 7) is 7.52. The lowest BCUT2D eigenvalue weighted by atomic mass is 10.1. The number of carbonyl (C=O) groups excluding carboxylic acids is 2. The molecule has 8 heteroatoms. The summed E-state index contributed by atoms with van der Waals surface area (Å²) in [5.74, 6) is -0.265. The van der Waals surface area contributed by atoms with Crippen LogP contribution in [0.15, 0.2) is 70.3 Å². The minimum atomic E-state index is -0.543. The molecule has 1 atom stereocenters. The van der Waals surface area contributed by atoms with E-state index in [0.29, 0.717) is 18.8 Å². The van der Waals surface area contributed by atoms with Crippen molar-refractivity contribution in [2.45, 2.75) is 39.4 Å². The molecule has 1 N–H and O–H groups in total. The molecule has 0 spiro atoms. The number of nitrogens with one attached hydrogen (secondary N) is 1. The number of pyridine rings is 1. The molecule has 4 rings (SSSR count). The molecule has 1 aliphatic rings. The molecule has 1 fully saturated rings. The van der Waals surface area contributed by atoms with Crippen LogP contribution in [0.3, 0.4) is 0 Å². The summed E-state index contributed by atoms with van der Waals surface area (Å²) in [4.78, 5) is 43.6. The molecule has 2 aromatic heterocycles. The van der Waals surface area contributed by atoms with Gasteiger partial charge in [0.15, 0.2) is 0 Å². The normalized spacial score (nSPS) is 15.1. The Hall–Kier alpha value is -3.65. The minimum absolute atomic E-state index is 0.0292. The monoisotopic (exact) mass is 476 g/mol. The van der Waals surface area contributed by atoms with E-state index in [1.807, 2.05) is 32.0 Å². The van der Waals surface area contributed by atoms with Gasteiger partial charge in [0.25, 0.3) is 11.8 Å². The minimum Gasteiger partial charge on any atom is -0.467 e. The molecule has 1 aromatic carbocycles. The van der Waals surface area contributed by atoms with Crippen LogP contribution in [-0.4, -0.2) is 52.4 Å². The summed E-state index contributed by atoms with van der Waals surface area (Å²) in [7, 11) is 0. The van der Waals surface area contributed by atoms with Gasteiger partial charge in [-0.2, -0.15) is 0 Å². The van der Waals surface area contributed by atoms with Crippen LogP contribution < -0.4 is 10.7 Å². The SMILES string of the molecule is CCC(C)n1cc(C(=O)NCc2ccco2)c(=O)c(C(=O)N2CCN(Cc3ccccc3)CC2)c1. The van der Waals surface area contributed by atoms with E-state index >= 15 is 0 Å². The van der Waals surface area contributed by atoms with Crippen LogP contribution in [0.4, 0.5) is 0 Å². The van der Waals surface area contributed by atoms with Gasteiger partial charge in [-0.1, -0.05) is 37.3 Å². The van der Waals surface area contributed by atoms with Gasteiger partial charge in [0, 0.05) is 51.2 Å². The second-order valence-electron chi connectivity index (χ2n) is 8.94. The fourth-order valence-electron chi connectivity index (χ4n) is 4.17. The first-order chi connectivity index (χ1) is 17.0. The van der Waals surface area contributed by atoms with Crippen molar-refractivity contribution >= 4 is 11.8 Å². The molecule has 3 heterocycles. The standard InChI is InChI=1S/C27H32N4O4/c1-3-20(2)31-18-23(26(33)28-16-22-10-7-15-35-22)25(32)24(19-31)27(34)30-13-11-29(12-14-30)17-21-8-5-4-6-9-21/h4-10,15,18-20H,3,11-14,16-17H2,1-2H3,(H,28,33). The Labute approximate surface area is 205 Å². The molecule has 1 unspecified atom stereocenters. The van der Waals surface area contributed by atoms with Crippen LogP contribution in [0.5, 0.6) is 0 Å². The van der Waals surface area contributed by atoms with E-state index in [-0.39, 0.29) is 29.6 Å². The number of nitrogens with zero attached hydrogens (tertiary/aromatic N) is 3. The first kappa shape index (κ1) is 24.5. The lowest BCUT2D eigenvalue weighted by molar-refractivity contribution is 0.0626. The third-order valence-electron chi connectivity index (χ3n) is 6.53. The number of amides is 2. The number of benzene rings is 1. The lowest BCUT2D eigenvalue weighted by Gasteiger charge is -2.34. The predicted octanol–water partition coefficient (Wildman–Crippen LogP) is 3.30. The molecule has 0 saturated carbocycles. The summed E-state index contributed by atoms with van der Waals surface area (Å²) in [6.07, 6.45) is 5.46. The highest BCUT2D eigenvalue weighted by Crippen LogP contribution is 2.15. The van der Waals surface area contributed by atoms with Crippen molar-refractivity contribution in [2.75, 3.05) is 26.2 Å². The third-order valence-corrected chi connectivity index (χ3v) is 6.53. The van der Waals surface area contributed by atoms with E-state index < -0.39 is 11.3 Å². The van der Waals surface area contributed by atoms with E-state index in [0.717, 1.165) is 26.1 Å². The number of hydrogen-bond donors (Lipinski definition) is 1. The second-order valence-corrected chi connectivity index (χ2v) is 8.94. The molecule has 0 radical (unpaired) electrons. The van der Waals surface area contributed by atoms with Gasteiger partial charge in [-0.25, -0.2) is 0 Å². The van der Waals surface area contributed by atoms with Crippen molar-refractivity contribution in [2.24, 2.45) is 0 Å². The topological polar surface area (TPSA) is 87.8 Å². The molecule has 184 valence electrons. The molecule has 2 amide bonds. The fraction of sp³-hybridized carbons (Fsp3) is 0.370. The van der Waals surface area contributed by atoms with E-state index in [9.17, 15) is 14.4 Å². The molecule has 8 nitrogen and oxygen atoms in total. The maximum Gasteiger partial charge on any atom is 0.259 e. The Morgan fingerprint density at radius 2 is 1.71 bits per heavy atom. The van der Waals surface area contributed by atoms with Gasteiger partial charge in [-0.05, 0) is 31.0 Å². The maximum absolute atomic E-state index is 13.4. The van der Waals surface area contributed by atoms with Gasteiger partial charge < -0.3 is 19.2 Å². The van der Waals surface area contributed by atoms with Gasteiger partial charge in [-0.15, -0.1) is 0 Å². The van der Waals surface area contributed by atoms with Gasteiger partial charge in [-0.3, -0.25) is 19.3 Å². The zero-order valence-electron chi connectivity index (χ0n) is 20.3. The maximum atomic E-state index is 13.4. The summed E-state index contributed by atoms with van der Waals surface area (Å²) < 4.78 is 7.05. The van der Waals surface area contributed by atoms with Crippen LogP contribution in [0.1, 0.15) is 58.3 Å². The fourth-order valence-corrected chi connectivity index (χ4v) is 4.17. The molecule has 35 heavy (non-hydrogen) atoms. The van der Waals surface area contributed by atoms with Crippen molar-refractivity contribution in [1.29, 1.82) is 0 Å². The summed E-state index contributed by atoms with van der Waals surface area (Å²) in [5.41, 5.74) is 0.688. The predicted molar refractivity (Wildman–Crippen MR) is 133 cm³/mol. The second kappa shape index (κ2) is 11.2. The highest BCUT2D eigenvalue weighted by atomic mass is 16.3. The molecular formula is C27H32N4O4. The molecule has 1 saturated heterocycles. The Kier molecular flexibility index (Phi) is 7.82. The van der Waals surface area contributed by atoms with Gasteiger partial charge in [0.1, 0.15) is 16.9 Å². The van der Waals surface area contributed by atoms with Gasteiger partial charge >= 0.3 is 0 Å². The van der Waals surface area contributed by atoms with E-state index in [1.165, 1.54) is 11.8 Å². The lowest BCUT2D eigenvalue weighted by Crippen LogP contribution is -2.49. The van der Waals surface area contributed by atoms with Crippen LogP contribution in [-0.2, 0) is 13.1 Å². The highest BCUT2D eigenvalue weighted by molar-refractivity contribution is 5.99. The molecule has 0 bridgehead atoms. The number of hydrogen-bond acceptors (Lipinski definition) is 5. The van der Waals surface area contributed by atoms with Crippen LogP contribution in [0, 0.1) is 0 Å². The average molecular weight is 477 g/mol. The Morgan fingerprint density at radius 3 is 2.37 bits per heavy atom. The molecule has 1 aliphatic heterocycles. The molecule has 3 aromatic rings. The van der Waals surface area contributed by atoms with Crippen molar-refractivity contribution in [1.82, 2.24) is 19.7 Å². The smallest absolute Gasteiger partial charge is 0.259 e. The Bertz CT molecular complexity index is 1200. The number of furan rings is 1. The summed E-state index contributed by atoms with van der Waals surface area (Å²) in [5, 5.41) is 2.72. The Balaban J connectivity index is 1.50. The zero-order chi connectivity index (χ0) is 24.8. The quantitative estimate of drug-likeness (QED) is 0.539. The van der Waals surface area contributed by atoms with E-state index in [2.05, 4.69) is 22.3 Å². The average Bonchev–Trinajstić information content (AvgIpc) is 3.41. The van der Waals surface area contributed by atoms with E-state index in [4.69, 9.17) is 4.42 Å².